The molecule has 0 aliphatic rings. The molecule has 1 N–H and O–H groups in total. The van der Waals surface area contributed by atoms with Gasteiger partial charge in [0.2, 0.25) is 0 Å². The van der Waals surface area contributed by atoms with Gasteiger partial charge in [0.25, 0.3) is 0 Å². The van der Waals surface area contributed by atoms with Crippen molar-refractivity contribution in [2.45, 2.75) is 46.1 Å². The Bertz CT molecular complexity index is 402. The van der Waals surface area contributed by atoms with Gasteiger partial charge in [-0.25, -0.2) is 0 Å². The van der Waals surface area contributed by atoms with Crippen LogP contribution in [-0.4, -0.2) is 29.1 Å². The highest BCUT2D eigenvalue weighted by Gasteiger charge is 2.28. The van der Waals surface area contributed by atoms with Gasteiger partial charge in [0.15, 0.2) is 0 Å². The summed E-state index contributed by atoms with van der Waals surface area (Å²) in [5, 5.41) is 9.44. The second-order valence-corrected chi connectivity index (χ2v) is 6.53. The van der Waals surface area contributed by atoms with Crippen molar-refractivity contribution >= 4 is 17.3 Å². The number of aliphatic carboxylic acids is 1. The van der Waals surface area contributed by atoms with E-state index < -0.39 is 12.0 Å². The van der Waals surface area contributed by atoms with Crippen LogP contribution in [-0.2, 0) is 10.2 Å². The molecule has 0 amide bonds. The molecule has 102 valence electrons. The summed E-state index contributed by atoms with van der Waals surface area (Å²) in [5.74, 6) is -0.763. The summed E-state index contributed by atoms with van der Waals surface area (Å²) in [6, 6.07) is 3.50. The molecule has 1 atom stereocenters. The van der Waals surface area contributed by atoms with Gasteiger partial charge in [-0.3, -0.25) is 9.69 Å². The van der Waals surface area contributed by atoms with Gasteiger partial charge in [-0.15, -0.1) is 11.3 Å². The Morgan fingerprint density at radius 2 is 1.89 bits per heavy atom. The summed E-state index contributed by atoms with van der Waals surface area (Å²) in [4.78, 5) is 15.6. The maximum Gasteiger partial charge on any atom is 0.326 e. The van der Waals surface area contributed by atoms with Gasteiger partial charge in [-0.05, 0) is 30.6 Å². The average Bonchev–Trinajstić information content (AvgIpc) is 2.73. The first-order chi connectivity index (χ1) is 8.31. The number of likely N-dealkylation sites (N-methyl/N-ethyl adjacent to an activating group) is 1. The largest absolute Gasteiger partial charge is 0.480 e. The van der Waals surface area contributed by atoms with Crippen LogP contribution in [0.15, 0.2) is 12.1 Å². The van der Waals surface area contributed by atoms with Crippen LogP contribution in [0.5, 0.6) is 0 Å². The van der Waals surface area contributed by atoms with Crippen molar-refractivity contribution in [3.8, 4) is 0 Å². The van der Waals surface area contributed by atoms with Crippen LogP contribution in [0.1, 0.15) is 50.4 Å². The van der Waals surface area contributed by atoms with Crippen LogP contribution in [0.3, 0.4) is 0 Å². The normalized spacial score (nSPS) is 13.9. The molecule has 3 nitrogen and oxygen atoms in total. The summed E-state index contributed by atoms with van der Waals surface area (Å²) in [7, 11) is 0. The van der Waals surface area contributed by atoms with E-state index in [0.29, 0.717) is 0 Å². The van der Waals surface area contributed by atoms with Gasteiger partial charge < -0.3 is 5.11 Å². The lowest BCUT2D eigenvalue weighted by atomic mass is 9.95. The maximum absolute atomic E-state index is 11.5. The molecule has 0 aromatic carbocycles. The highest BCUT2D eigenvalue weighted by atomic mass is 32.1. The van der Waals surface area contributed by atoms with Gasteiger partial charge in [-0.2, -0.15) is 0 Å². The minimum Gasteiger partial charge on any atom is -0.480 e. The Labute approximate surface area is 113 Å². The van der Waals surface area contributed by atoms with Crippen LogP contribution in [0, 0.1) is 0 Å². The highest BCUT2D eigenvalue weighted by Crippen LogP contribution is 2.34. The molecule has 0 aliphatic heterocycles. The second-order valence-electron chi connectivity index (χ2n) is 5.41. The fourth-order valence-electron chi connectivity index (χ4n) is 1.95. The minimum absolute atomic E-state index is 0.0786. The third kappa shape index (κ3) is 3.33. The third-order valence-electron chi connectivity index (χ3n) is 3.05. The molecule has 0 radical (unpaired) electrons. The molecule has 0 bridgehead atoms. The number of carbonyl (C=O) groups is 1. The van der Waals surface area contributed by atoms with E-state index in [1.165, 1.54) is 4.88 Å². The van der Waals surface area contributed by atoms with Crippen molar-refractivity contribution in [2.75, 3.05) is 13.1 Å². The van der Waals surface area contributed by atoms with E-state index in [0.717, 1.165) is 18.0 Å². The van der Waals surface area contributed by atoms with Gasteiger partial charge in [0, 0.05) is 9.75 Å². The average molecular weight is 269 g/mol. The molecule has 0 aliphatic carbocycles. The second kappa shape index (κ2) is 5.85. The molecule has 0 spiro atoms. The molecule has 1 heterocycles. The standard InChI is InChI=1S/C14H23NO2S/c1-6-15(7-2)12(13(16)17)10-8-9-11(18-10)14(3,4)5/h8-9,12H,6-7H2,1-5H3,(H,16,17). The highest BCUT2D eigenvalue weighted by molar-refractivity contribution is 7.12. The predicted molar refractivity (Wildman–Crippen MR) is 76.3 cm³/mol. The lowest BCUT2D eigenvalue weighted by molar-refractivity contribution is -0.143. The van der Waals surface area contributed by atoms with Gasteiger partial charge in [0.05, 0.1) is 0 Å². The molecule has 0 saturated carbocycles. The predicted octanol–water partition coefficient (Wildman–Crippen LogP) is 3.51. The number of carboxylic acids is 1. The van der Waals surface area contributed by atoms with Crippen molar-refractivity contribution in [3.63, 3.8) is 0 Å². The smallest absolute Gasteiger partial charge is 0.326 e. The molecule has 1 aromatic rings. The SMILES string of the molecule is CCN(CC)C(C(=O)O)c1ccc(C(C)(C)C)s1. The maximum atomic E-state index is 11.5. The van der Waals surface area contributed by atoms with Gasteiger partial charge in [-0.1, -0.05) is 34.6 Å². The molecule has 0 fully saturated rings. The Morgan fingerprint density at radius 3 is 2.22 bits per heavy atom. The zero-order valence-electron chi connectivity index (χ0n) is 11.9. The Morgan fingerprint density at radius 1 is 1.33 bits per heavy atom. The van der Waals surface area contributed by atoms with Crippen molar-refractivity contribution in [2.24, 2.45) is 0 Å². The Hall–Kier alpha value is -0.870. The topological polar surface area (TPSA) is 40.5 Å². The molecule has 1 aromatic heterocycles. The first-order valence-corrected chi connectivity index (χ1v) is 7.20. The quantitative estimate of drug-likeness (QED) is 0.889. The van der Waals surface area contributed by atoms with Crippen LogP contribution < -0.4 is 0 Å². The molecule has 0 saturated heterocycles. The minimum atomic E-state index is -0.763. The van der Waals surface area contributed by atoms with Crippen molar-refractivity contribution < 1.29 is 9.90 Å². The van der Waals surface area contributed by atoms with Gasteiger partial charge >= 0.3 is 5.97 Å². The fourth-order valence-corrected chi connectivity index (χ4v) is 3.14. The van der Waals surface area contributed by atoms with E-state index >= 15 is 0 Å². The van der Waals surface area contributed by atoms with Crippen LogP contribution >= 0.6 is 11.3 Å². The zero-order chi connectivity index (χ0) is 13.9. The summed E-state index contributed by atoms with van der Waals surface area (Å²) in [5.41, 5.74) is 0.0786. The van der Waals surface area contributed by atoms with E-state index in [-0.39, 0.29) is 5.41 Å². The van der Waals surface area contributed by atoms with E-state index in [1.54, 1.807) is 11.3 Å². The number of hydrogen-bond donors (Lipinski definition) is 1. The van der Waals surface area contributed by atoms with Gasteiger partial charge in [0.1, 0.15) is 6.04 Å². The van der Waals surface area contributed by atoms with Crippen molar-refractivity contribution in [1.82, 2.24) is 4.90 Å². The van der Waals surface area contributed by atoms with E-state index in [1.807, 2.05) is 24.8 Å². The Balaban J connectivity index is 3.08. The molecular formula is C14H23NO2S. The summed E-state index contributed by atoms with van der Waals surface area (Å²) in [6.07, 6.45) is 0. The number of carboxylic acid groups (broad SMARTS) is 1. The summed E-state index contributed by atoms with van der Waals surface area (Å²) < 4.78 is 0. The van der Waals surface area contributed by atoms with E-state index in [2.05, 4.69) is 26.8 Å². The van der Waals surface area contributed by atoms with Crippen LogP contribution in [0.4, 0.5) is 0 Å². The number of rotatable bonds is 5. The number of thiophene rings is 1. The van der Waals surface area contributed by atoms with Crippen LogP contribution in [0.2, 0.25) is 0 Å². The number of hydrogen-bond acceptors (Lipinski definition) is 3. The summed E-state index contributed by atoms with van der Waals surface area (Å²) >= 11 is 1.61. The first kappa shape index (κ1) is 15.2. The molecule has 18 heavy (non-hydrogen) atoms. The molecular weight excluding hydrogens is 246 g/mol. The molecule has 1 rings (SSSR count). The zero-order valence-corrected chi connectivity index (χ0v) is 12.7. The summed E-state index contributed by atoms with van der Waals surface area (Å²) in [6.45, 7) is 11.9. The molecule has 4 heteroatoms. The van der Waals surface area contributed by atoms with E-state index in [4.69, 9.17) is 0 Å². The monoisotopic (exact) mass is 269 g/mol. The third-order valence-corrected chi connectivity index (χ3v) is 4.61. The van der Waals surface area contributed by atoms with Crippen LogP contribution in [0.25, 0.3) is 0 Å². The molecule has 1 unspecified atom stereocenters. The van der Waals surface area contributed by atoms with E-state index in [9.17, 15) is 9.90 Å². The lowest BCUT2D eigenvalue weighted by Crippen LogP contribution is -2.33. The van der Waals surface area contributed by atoms with Crippen molar-refractivity contribution in [3.05, 3.63) is 21.9 Å². The fraction of sp³-hybridized carbons (Fsp3) is 0.643. The number of nitrogens with zero attached hydrogens (tertiary/aromatic N) is 1. The lowest BCUT2D eigenvalue weighted by Gasteiger charge is -2.25. The Kier molecular flexibility index (Phi) is 4.93. The first-order valence-electron chi connectivity index (χ1n) is 6.38. The van der Waals surface area contributed by atoms with Crippen molar-refractivity contribution in [1.29, 1.82) is 0 Å².